The quantitative estimate of drug-likeness (QED) is 0.827. The van der Waals surface area contributed by atoms with Crippen molar-refractivity contribution in [2.75, 3.05) is 31.1 Å². The average Bonchev–Trinajstić information content (AvgIpc) is 2.87. The Kier molecular flexibility index (Phi) is 4.59. The predicted octanol–water partition coefficient (Wildman–Crippen LogP) is 2.69. The molecule has 1 aromatic rings. The Hall–Kier alpha value is -1.09. The van der Waals surface area contributed by atoms with Crippen LogP contribution in [0.3, 0.4) is 0 Å². The van der Waals surface area contributed by atoms with Crippen LogP contribution < -0.4 is 10.2 Å². The van der Waals surface area contributed by atoms with Crippen molar-refractivity contribution in [2.24, 2.45) is 5.41 Å². The standard InChI is InChI=1S/C13H19N3.C2H6/c1-6-14-7-2-12(1)16-10-5-13(11-16)3-8-15-9-4-13;1-2/h1-2,6-7,15H,3-5,8-11H2;1-2H3. The predicted molar refractivity (Wildman–Crippen MR) is 77.0 cm³/mol. The van der Waals surface area contributed by atoms with E-state index >= 15 is 0 Å². The number of nitrogens with one attached hydrogen (secondary N) is 1. The molecule has 0 amide bonds. The van der Waals surface area contributed by atoms with E-state index in [1.54, 1.807) is 0 Å². The molecule has 18 heavy (non-hydrogen) atoms. The van der Waals surface area contributed by atoms with Gasteiger partial charge in [-0.15, -0.1) is 0 Å². The lowest BCUT2D eigenvalue weighted by atomic mass is 9.78. The van der Waals surface area contributed by atoms with Gasteiger partial charge in [0.1, 0.15) is 0 Å². The number of hydrogen-bond acceptors (Lipinski definition) is 3. The summed E-state index contributed by atoms with van der Waals surface area (Å²) >= 11 is 0. The Morgan fingerprint density at radius 3 is 2.44 bits per heavy atom. The number of pyridine rings is 1. The summed E-state index contributed by atoms with van der Waals surface area (Å²) in [4.78, 5) is 6.60. The zero-order valence-corrected chi connectivity index (χ0v) is 11.7. The molecule has 3 nitrogen and oxygen atoms in total. The van der Waals surface area contributed by atoms with Gasteiger partial charge in [-0.3, -0.25) is 4.98 Å². The summed E-state index contributed by atoms with van der Waals surface area (Å²) in [6.45, 7) is 8.84. The van der Waals surface area contributed by atoms with Crippen molar-refractivity contribution in [2.45, 2.75) is 33.1 Å². The molecule has 2 saturated heterocycles. The van der Waals surface area contributed by atoms with E-state index in [0.717, 1.165) is 0 Å². The zero-order chi connectivity index (χ0) is 12.8. The maximum atomic E-state index is 4.08. The second-order valence-corrected chi connectivity index (χ2v) is 5.13. The maximum Gasteiger partial charge on any atom is 0.0397 e. The van der Waals surface area contributed by atoms with E-state index in [1.807, 2.05) is 26.2 Å². The number of nitrogens with zero attached hydrogens (tertiary/aromatic N) is 2. The summed E-state index contributed by atoms with van der Waals surface area (Å²) < 4.78 is 0. The van der Waals surface area contributed by atoms with E-state index in [2.05, 4.69) is 27.3 Å². The molecule has 2 fully saturated rings. The second-order valence-electron chi connectivity index (χ2n) is 5.13. The molecule has 0 saturated carbocycles. The number of aromatic nitrogens is 1. The van der Waals surface area contributed by atoms with Crippen molar-refractivity contribution in [3.8, 4) is 0 Å². The van der Waals surface area contributed by atoms with Crippen molar-refractivity contribution < 1.29 is 0 Å². The smallest absolute Gasteiger partial charge is 0.0397 e. The van der Waals surface area contributed by atoms with Crippen molar-refractivity contribution in [3.05, 3.63) is 24.5 Å². The molecule has 0 atom stereocenters. The van der Waals surface area contributed by atoms with Crippen molar-refractivity contribution in [3.63, 3.8) is 0 Å². The molecule has 1 spiro atoms. The van der Waals surface area contributed by atoms with Gasteiger partial charge in [0.05, 0.1) is 0 Å². The first-order chi connectivity index (χ1) is 8.88. The number of piperidine rings is 1. The monoisotopic (exact) mass is 247 g/mol. The van der Waals surface area contributed by atoms with Crippen LogP contribution in [0, 0.1) is 5.41 Å². The third kappa shape index (κ3) is 2.83. The maximum absolute atomic E-state index is 4.08. The van der Waals surface area contributed by atoms with E-state index < -0.39 is 0 Å². The van der Waals surface area contributed by atoms with E-state index in [9.17, 15) is 0 Å². The minimum absolute atomic E-state index is 0.592. The minimum atomic E-state index is 0.592. The van der Waals surface area contributed by atoms with Crippen LogP contribution in [0.1, 0.15) is 33.1 Å². The van der Waals surface area contributed by atoms with Gasteiger partial charge < -0.3 is 10.2 Å². The van der Waals surface area contributed by atoms with Crippen LogP contribution in [0.25, 0.3) is 0 Å². The van der Waals surface area contributed by atoms with Gasteiger partial charge in [0.15, 0.2) is 0 Å². The number of anilines is 1. The molecule has 0 radical (unpaired) electrons. The first-order valence-electron chi connectivity index (χ1n) is 7.24. The van der Waals surface area contributed by atoms with Crippen LogP contribution in [0.2, 0.25) is 0 Å². The Bertz CT molecular complexity index is 344. The SMILES string of the molecule is CC.c1cc(N2CCC3(CCNCC3)C2)ccn1. The van der Waals surface area contributed by atoms with E-state index in [-0.39, 0.29) is 0 Å². The second kappa shape index (κ2) is 6.19. The molecule has 0 aliphatic carbocycles. The summed E-state index contributed by atoms with van der Waals surface area (Å²) in [5.74, 6) is 0. The van der Waals surface area contributed by atoms with Gasteiger partial charge in [-0.05, 0) is 49.9 Å². The third-order valence-electron chi connectivity index (χ3n) is 4.13. The van der Waals surface area contributed by atoms with Gasteiger partial charge >= 0.3 is 0 Å². The largest absolute Gasteiger partial charge is 0.371 e. The molecular weight excluding hydrogens is 222 g/mol. The van der Waals surface area contributed by atoms with Crippen LogP contribution in [-0.4, -0.2) is 31.2 Å². The Morgan fingerprint density at radius 1 is 1.11 bits per heavy atom. The molecule has 3 rings (SSSR count). The van der Waals surface area contributed by atoms with Gasteiger partial charge in [0.25, 0.3) is 0 Å². The van der Waals surface area contributed by atoms with Crippen LogP contribution in [0.5, 0.6) is 0 Å². The van der Waals surface area contributed by atoms with Crippen LogP contribution in [0.15, 0.2) is 24.5 Å². The summed E-state index contributed by atoms with van der Waals surface area (Å²) in [6, 6.07) is 4.25. The molecule has 0 unspecified atom stereocenters. The van der Waals surface area contributed by atoms with Gasteiger partial charge in [-0.1, -0.05) is 13.8 Å². The summed E-state index contributed by atoms with van der Waals surface area (Å²) in [5, 5.41) is 3.46. The highest BCUT2D eigenvalue weighted by Crippen LogP contribution is 2.40. The van der Waals surface area contributed by atoms with Crippen LogP contribution >= 0.6 is 0 Å². The molecule has 3 heterocycles. The average molecular weight is 247 g/mol. The van der Waals surface area contributed by atoms with E-state index in [4.69, 9.17) is 0 Å². The Balaban J connectivity index is 0.000000574. The Labute approximate surface area is 111 Å². The number of hydrogen-bond donors (Lipinski definition) is 1. The van der Waals surface area contributed by atoms with Crippen molar-refractivity contribution in [1.29, 1.82) is 0 Å². The Morgan fingerprint density at radius 2 is 1.78 bits per heavy atom. The van der Waals surface area contributed by atoms with Crippen LogP contribution in [0.4, 0.5) is 5.69 Å². The normalized spacial score (nSPS) is 21.6. The first kappa shape index (κ1) is 13.3. The van der Waals surface area contributed by atoms with Gasteiger partial charge in [0.2, 0.25) is 0 Å². The van der Waals surface area contributed by atoms with Crippen LogP contribution in [-0.2, 0) is 0 Å². The lowest BCUT2D eigenvalue weighted by Crippen LogP contribution is -2.38. The highest BCUT2D eigenvalue weighted by molar-refractivity contribution is 5.46. The summed E-state index contributed by atoms with van der Waals surface area (Å²) in [7, 11) is 0. The molecule has 1 N–H and O–H groups in total. The highest BCUT2D eigenvalue weighted by atomic mass is 15.2. The van der Waals surface area contributed by atoms with Crippen molar-refractivity contribution >= 4 is 5.69 Å². The topological polar surface area (TPSA) is 28.2 Å². The molecule has 2 aliphatic heterocycles. The lowest BCUT2D eigenvalue weighted by Gasteiger charge is -2.34. The fourth-order valence-corrected chi connectivity index (χ4v) is 3.08. The van der Waals surface area contributed by atoms with Gasteiger partial charge in [0, 0.05) is 31.2 Å². The zero-order valence-electron chi connectivity index (χ0n) is 11.7. The fourth-order valence-electron chi connectivity index (χ4n) is 3.08. The van der Waals surface area contributed by atoms with Gasteiger partial charge in [-0.2, -0.15) is 0 Å². The molecule has 0 aromatic carbocycles. The lowest BCUT2D eigenvalue weighted by molar-refractivity contribution is 0.232. The molecule has 0 bridgehead atoms. The number of rotatable bonds is 1. The summed E-state index contributed by atoms with van der Waals surface area (Å²) in [5.41, 5.74) is 1.93. The van der Waals surface area contributed by atoms with E-state index in [0.29, 0.717) is 5.41 Å². The minimum Gasteiger partial charge on any atom is -0.371 e. The molecule has 100 valence electrons. The van der Waals surface area contributed by atoms with Gasteiger partial charge in [-0.25, -0.2) is 0 Å². The third-order valence-corrected chi connectivity index (χ3v) is 4.13. The summed E-state index contributed by atoms with van der Waals surface area (Å²) in [6.07, 6.45) is 7.83. The van der Waals surface area contributed by atoms with E-state index in [1.165, 1.54) is 51.1 Å². The molecule has 3 heteroatoms. The fraction of sp³-hybridized carbons (Fsp3) is 0.667. The van der Waals surface area contributed by atoms with Crippen molar-refractivity contribution in [1.82, 2.24) is 10.3 Å². The first-order valence-corrected chi connectivity index (χ1v) is 7.24. The molecular formula is C15H25N3. The molecule has 1 aromatic heterocycles. The molecule has 2 aliphatic rings. The highest BCUT2D eigenvalue weighted by Gasteiger charge is 2.38.